The molecule has 0 radical (unpaired) electrons. The van der Waals surface area contributed by atoms with E-state index in [1.807, 2.05) is 11.8 Å². The summed E-state index contributed by atoms with van der Waals surface area (Å²) in [5.74, 6) is 1.10. The Balaban J connectivity index is 2.12. The van der Waals surface area contributed by atoms with Gasteiger partial charge < -0.3 is 0 Å². The van der Waals surface area contributed by atoms with Crippen molar-refractivity contribution in [3.8, 4) is 0 Å². The van der Waals surface area contributed by atoms with E-state index in [-0.39, 0.29) is 5.54 Å². The summed E-state index contributed by atoms with van der Waals surface area (Å²) in [7, 11) is 0. The number of fused-ring (bicyclic) bond motifs is 1. The molecular formula is C19H25NS. The summed E-state index contributed by atoms with van der Waals surface area (Å²) >= 11 is 1.99. The van der Waals surface area contributed by atoms with Crippen LogP contribution in [0.5, 0.6) is 0 Å². The van der Waals surface area contributed by atoms with Crippen molar-refractivity contribution < 1.29 is 0 Å². The van der Waals surface area contributed by atoms with Crippen LogP contribution >= 0.6 is 11.8 Å². The van der Waals surface area contributed by atoms with Crippen molar-refractivity contribution in [1.29, 1.82) is 0 Å². The quantitative estimate of drug-likeness (QED) is 0.703. The molecule has 0 aromatic heterocycles. The summed E-state index contributed by atoms with van der Waals surface area (Å²) in [5.41, 5.74) is 4.25. The molecule has 1 aromatic carbocycles. The number of thioether (sulfide) groups is 1. The maximum Gasteiger partial charge on any atom is 0.0704 e. The Kier molecular flexibility index (Phi) is 4.54. The van der Waals surface area contributed by atoms with E-state index in [9.17, 15) is 0 Å². The fraction of sp³-hybridized carbons (Fsp3) is 0.526. The first-order valence-electron chi connectivity index (χ1n) is 8.29. The predicted octanol–water partition coefficient (Wildman–Crippen LogP) is 5.64. The average Bonchev–Trinajstić information content (AvgIpc) is 2.74. The topological polar surface area (TPSA) is 12.4 Å². The minimum absolute atomic E-state index is 0.108. The smallest absolute Gasteiger partial charge is 0.0704 e. The van der Waals surface area contributed by atoms with Gasteiger partial charge in [0.15, 0.2) is 0 Å². The van der Waals surface area contributed by atoms with Crippen LogP contribution in [0.1, 0.15) is 57.9 Å². The molecule has 0 amide bonds. The highest BCUT2D eigenvalue weighted by Crippen LogP contribution is 2.38. The summed E-state index contributed by atoms with van der Waals surface area (Å²) in [6.07, 6.45) is 9.75. The highest BCUT2D eigenvalue weighted by Gasteiger charge is 2.31. The van der Waals surface area contributed by atoms with Crippen molar-refractivity contribution in [2.24, 2.45) is 4.99 Å². The predicted molar refractivity (Wildman–Crippen MR) is 93.6 cm³/mol. The lowest BCUT2D eigenvalue weighted by Crippen LogP contribution is -2.29. The van der Waals surface area contributed by atoms with E-state index in [0.29, 0.717) is 0 Å². The maximum absolute atomic E-state index is 5.34. The minimum atomic E-state index is 0.108. The molecule has 112 valence electrons. The first-order chi connectivity index (χ1) is 10.3. The number of hydrogen-bond donors (Lipinski definition) is 0. The fourth-order valence-corrected chi connectivity index (χ4v) is 4.63. The summed E-state index contributed by atoms with van der Waals surface area (Å²) < 4.78 is 0. The van der Waals surface area contributed by atoms with Gasteiger partial charge in [-0.05, 0) is 50.2 Å². The second-order valence-corrected chi connectivity index (χ2v) is 7.17. The normalized spacial score (nSPS) is 21.0. The van der Waals surface area contributed by atoms with Gasteiger partial charge in [-0.25, -0.2) is 0 Å². The minimum Gasteiger partial charge on any atom is -0.277 e. The molecule has 3 rings (SSSR count). The number of hydrogen-bond acceptors (Lipinski definition) is 2. The lowest BCUT2D eigenvalue weighted by Gasteiger charge is -2.27. The van der Waals surface area contributed by atoms with Crippen molar-refractivity contribution >= 4 is 17.5 Å². The molecule has 21 heavy (non-hydrogen) atoms. The SMILES string of the molecule is CCC1(CC)CSc2ccccc2C(C2=CCCCC2)=N1. The van der Waals surface area contributed by atoms with E-state index >= 15 is 0 Å². The third kappa shape index (κ3) is 2.96. The third-order valence-electron chi connectivity index (χ3n) is 4.90. The van der Waals surface area contributed by atoms with Crippen LogP contribution in [0.15, 0.2) is 45.8 Å². The van der Waals surface area contributed by atoms with Crippen molar-refractivity contribution in [3.63, 3.8) is 0 Å². The lowest BCUT2D eigenvalue weighted by molar-refractivity contribution is 0.451. The lowest BCUT2D eigenvalue weighted by atomic mass is 9.90. The molecule has 2 heteroatoms. The molecule has 0 spiro atoms. The molecule has 2 aliphatic rings. The fourth-order valence-electron chi connectivity index (χ4n) is 3.24. The molecule has 1 heterocycles. The summed E-state index contributed by atoms with van der Waals surface area (Å²) in [5, 5.41) is 0. The van der Waals surface area contributed by atoms with Gasteiger partial charge >= 0.3 is 0 Å². The van der Waals surface area contributed by atoms with Gasteiger partial charge in [0.1, 0.15) is 0 Å². The van der Waals surface area contributed by atoms with Gasteiger partial charge in [0.05, 0.1) is 11.3 Å². The van der Waals surface area contributed by atoms with Crippen LogP contribution in [0.4, 0.5) is 0 Å². The second kappa shape index (κ2) is 6.39. The molecular weight excluding hydrogens is 274 g/mol. The molecule has 0 fully saturated rings. The van der Waals surface area contributed by atoms with Crippen LogP contribution in [-0.4, -0.2) is 17.0 Å². The highest BCUT2D eigenvalue weighted by atomic mass is 32.2. The van der Waals surface area contributed by atoms with Crippen molar-refractivity contribution in [1.82, 2.24) is 0 Å². The van der Waals surface area contributed by atoms with E-state index in [0.717, 1.165) is 18.6 Å². The Morgan fingerprint density at radius 1 is 1.14 bits per heavy atom. The van der Waals surface area contributed by atoms with Gasteiger partial charge in [0.2, 0.25) is 0 Å². The van der Waals surface area contributed by atoms with E-state index < -0.39 is 0 Å². The van der Waals surface area contributed by atoms with Crippen LogP contribution in [0.3, 0.4) is 0 Å². The number of nitrogens with zero attached hydrogens (tertiary/aromatic N) is 1. The zero-order valence-electron chi connectivity index (χ0n) is 13.2. The van der Waals surface area contributed by atoms with E-state index in [1.54, 1.807) is 0 Å². The van der Waals surface area contributed by atoms with Crippen LogP contribution < -0.4 is 0 Å². The molecule has 1 aliphatic heterocycles. The van der Waals surface area contributed by atoms with Gasteiger partial charge in [-0.1, -0.05) is 38.1 Å². The van der Waals surface area contributed by atoms with E-state index in [1.165, 1.54) is 47.4 Å². The standard InChI is InChI=1S/C19H25NS/c1-3-19(4-2)14-21-17-13-9-8-12-16(17)18(20-19)15-10-6-5-7-11-15/h8-10,12-13H,3-7,11,14H2,1-2H3. The van der Waals surface area contributed by atoms with Gasteiger partial charge in [-0.15, -0.1) is 11.8 Å². The number of allylic oxidation sites excluding steroid dienone is 2. The molecule has 1 aromatic rings. The van der Waals surface area contributed by atoms with Gasteiger partial charge in [0, 0.05) is 16.2 Å². The van der Waals surface area contributed by atoms with Crippen LogP contribution in [0.25, 0.3) is 0 Å². The number of rotatable bonds is 3. The van der Waals surface area contributed by atoms with Crippen molar-refractivity contribution in [3.05, 3.63) is 41.5 Å². The van der Waals surface area contributed by atoms with Crippen LogP contribution in [0, 0.1) is 0 Å². The van der Waals surface area contributed by atoms with E-state index in [4.69, 9.17) is 4.99 Å². The molecule has 0 bridgehead atoms. The Labute approximate surface area is 132 Å². The van der Waals surface area contributed by atoms with Gasteiger partial charge in [0.25, 0.3) is 0 Å². The zero-order chi connectivity index (χ0) is 14.7. The monoisotopic (exact) mass is 299 g/mol. The molecule has 0 N–H and O–H groups in total. The molecule has 0 saturated carbocycles. The van der Waals surface area contributed by atoms with Gasteiger partial charge in [-0.3, -0.25) is 4.99 Å². The highest BCUT2D eigenvalue weighted by molar-refractivity contribution is 7.99. The first-order valence-corrected chi connectivity index (χ1v) is 9.28. The molecule has 0 atom stereocenters. The Bertz CT molecular complexity index is 567. The summed E-state index contributed by atoms with van der Waals surface area (Å²) in [6.45, 7) is 4.58. The molecule has 1 aliphatic carbocycles. The van der Waals surface area contributed by atoms with E-state index in [2.05, 4.69) is 44.2 Å². The molecule has 0 unspecified atom stereocenters. The molecule has 0 saturated heterocycles. The van der Waals surface area contributed by atoms with Crippen LogP contribution in [0.2, 0.25) is 0 Å². The Morgan fingerprint density at radius 2 is 1.95 bits per heavy atom. The van der Waals surface area contributed by atoms with Crippen molar-refractivity contribution in [2.45, 2.75) is 62.8 Å². The Morgan fingerprint density at radius 3 is 2.67 bits per heavy atom. The Hall–Kier alpha value is -1.02. The number of benzene rings is 1. The third-order valence-corrected chi connectivity index (χ3v) is 6.25. The maximum atomic E-state index is 5.34. The zero-order valence-corrected chi connectivity index (χ0v) is 14.0. The molecule has 1 nitrogen and oxygen atoms in total. The second-order valence-electron chi connectivity index (χ2n) is 6.15. The summed E-state index contributed by atoms with van der Waals surface area (Å²) in [6, 6.07) is 8.84. The summed E-state index contributed by atoms with van der Waals surface area (Å²) in [4.78, 5) is 6.75. The van der Waals surface area contributed by atoms with Gasteiger partial charge in [-0.2, -0.15) is 0 Å². The first kappa shape index (κ1) is 14.9. The van der Waals surface area contributed by atoms with Crippen molar-refractivity contribution in [2.75, 3.05) is 5.75 Å². The number of aliphatic imine (C=N–C) groups is 1. The average molecular weight is 299 g/mol. The largest absolute Gasteiger partial charge is 0.277 e. The van der Waals surface area contributed by atoms with Crippen LogP contribution in [-0.2, 0) is 0 Å².